The molecular weight excluding hydrogens is 320 g/mol. The van der Waals surface area contributed by atoms with Gasteiger partial charge in [0.05, 0.1) is 5.70 Å². The number of hydrogen-bond donors (Lipinski definition) is 0. The van der Waals surface area contributed by atoms with E-state index in [2.05, 4.69) is 74.1 Å². The summed E-state index contributed by atoms with van der Waals surface area (Å²) in [5, 5.41) is 9.06. The summed E-state index contributed by atoms with van der Waals surface area (Å²) < 4.78 is 6.27. The third kappa shape index (κ3) is 2.94. The molecule has 3 aromatic rings. The van der Waals surface area contributed by atoms with Crippen molar-refractivity contribution < 1.29 is 4.42 Å². The van der Waals surface area contributed by atoms with Gasteiger partial charge >= 0.3 is 0 Å². The van der Waals surface area contributed by atoms with Crippen LogP contribution in [0.2, 0.25) is 0 Å². The van der Waals surface area contributed by atoms with E-state index in [1.54, 1.807) is 0 Å². The van der Waals surface area contributed by atoms with Crippen molar-refractivity contribution in [1.82, 2.24) is 5.01 Å². The summed E-state index contributed by atoms with van der Waals surface area (Å²) in [5.41, 5.74) is 4.23. The molecule has 0 amide bonds. The van der Waals surface area contributed by atoms with E-state index in [0.29, 0.717) is 5.92 Å². The molecule has 0 spiro atoms. The second kappa shape index (κ2) is 6.49. The molecule has 2 aromatic carbocycles. The average molecular weight is 344 g/mol. The van der Waals surface area contributed by atoms with Gasteiger partial charge in [-0.1, -0.05) is 62.9 Å². The standard InChI is InChI=1S/C23H24N2O/c1-15(2)12-22-23-21(16(3)25(4)24-22)14-19(26-23)13-18-10-7-9-17-8-5-6-11-20(17)18/h5-11,14-15H,3,12-13H2,1-2,4H3. The Morgan fingerprint density at radius 3 is 2.69 bits per heavy atom. The highest BCUT2D eigenvalue weighted by molar-refractivity contribution is 6.03. The predicted molar refractivity (Wildman–Crippen MR) is 108 cm³/mol. The second-order valence-electron chi connectivity index (χ2n) is 7.39. The smallest absolute Gasteiger partial charge is 0.159 e. The Labute approximate surface area is 154 Å². The summed E-state index contributed by atoms with van der Waals surface area (Å²) in [4.78, 5) is 0. The van der Waals surface area contributed by atoms with Crippen LogP contribution in [-0.2, 0) is 6.42 Å². The third-order valence-corrected chi connectivity index (χ3v) is 4.86. The Bertz CT molecular complexity index is 1000. The van der Waals surface area contributed by atoms with Crippen LogP contribution in [0.5, 0.6) is 0 Å². The molecule has 0 N–H and O–H groups in total. The first-order valence-electron chi connectivity index (χ1n) is 9.13. The second-order valence-corrected chi connectivity index (χ2v) is 7.39. The van der Waals surface area contributed by atoms with E-state index < -0.39 is 0 Å². The van der Waals surface area contributed by atoms with Gasteiger partial charge in [0.15, 0.2) is 5.76 Å². The Kier molecular flexibility index (Phi) is 4.15. The zero-order valence-corrected chi connectivity index (χ0v) is 15.6. The Balaban J connectivity index is 1.73. The zero-order valence-electron chi connectivity index (χ0n) is 15.6. The lowest BCUT2D eigenvalue weighted by atomic mass is 9.99. The third-order valence-electron chi connectivity index (χ3n) is 4.86. The topological polar surface area (TPSA) is 28.7 Å². The van der Waals surface area contributed by atoms with Crippen LogP contribution < -0.4 is 0 Å². The SMILES string of the molecule is C=C1c2cc(Cc3cccc4ccccc34)oc2C(CC(C)C)=NN1C. The minimum absolute atomic E-state index is 0.521. The molecule has 0 saturated heterocycles. The molecule has 1 aliphatic heterocycles. The van der Waals surface area contributed by atoms with Crippen molar-refractivity contribution >= 4 is 22.2 Å². The van der Waals surface area contributed by atoms with Gasteiger partial charge in [0.1, 0.15) is 11.5 Å². The van der Waals surface area contributed by atoms with Crippen molar-refractivity contribution in [2.24, 2.45) is 11.0 Å². The molecule has 0 unspecified atom stereocenters. The molecule has 26 heavy (non-hydrogen) atoms. The number of furan rings is 1. The number of benzene rings is 2. The lowest BCUT2D eigenvalue weighted by molar-refractivity contribution is 0.473. The van der Waals surface area contributed by atoms with Crippen LogP contribution in [-0.4, -0.2) is 17.8 Å². The molecule has 0 atom stereocenters. The minimum Gasteiger partial charge on any atom is -0.459 e. The van der Waals surface area contributed by atoms with Crippen molar-refractivity contribution in [2.45, 2.75) is 26.7 Å². The lowest BCUT2D eigenvalue weighted by Gasteiger charge is -2.23. The van der Waals surface area contributed by atoms with Crippen LogP contribution in [0.4, 0.5) is 0 Å². The number of rotatable bonds is 4. The first kappa shape index (κ1) is 16.6. The maximum Gasteiger partial charge on any atom is 0.159 e. The van der Waals surface area contributed by atoms with Gasteiger partial charge < -0.3 is 4.42 Å². The monoisotopic (exact) mass is 344 g/mol. The van der Waals surface area contributed by atoms with Crippen LogP contribution in [0, 0.1) is 5.92 Å². The summed E-state index contributed by atoms with van der Waals surface area (Å²) in [7, 11) is 1.95. The Morgan fingerprint density at radius 2 is 1.88 bits per heavy atom. The minimum atomic E-state index is 0.521. The molecule has 0 fully saturated rings. The highest BCUT2D eigenvalue weighted by Crippen LogP contribution is 2.33. The summed E-state index contributed by atoms with van der Waals surface area (Å²) in [6.45, 7) is 8.58. The summed E-state index contributed by atoms with van der Waals surface area (Å²) in [5.74, 6) is 2.37. The van der Waals surface area contributed by atoms with Crippen molar-refractivity contribution in [3.8, 4) is 0 Å². The van der Waals surface area contributed by atoms with Crippen LogP contribution >= 0.6 is 0 Å². The van der Waals surface area contributed by atoms with Gasteiger partial charge in [-0.05, 0) is 34.7 Å². The van der Waals surface area contributed by atoms with Crippen molar-refractivity contribution in [2.75, 3.05) is 7.05 Å². The molecular formula is C23H24N2O. The average Bonchev–Trinajstić information content (AvgIpc) is 3.04. The number of hydrogen-bond acceptors (Lipinski definition) is 3. The molecule has 1 aromatic heterocycles. The highest BCUT2D eigenvalue weighted by atomic mass is 16.3. The molecule has 0 bridgehead atoms. The quantitative estimate of drug-likeness (QED) is 0.608. The predicted octanol–water partition coefficient (Wildman–Crippen LogP) is 5.69. The first-order chi connectivity index (χ1) is 12.5. The van der Waals surface area contributed by atoms with E-state index in [9.17, 15) is 0 Å². The molecule has 0 aliphatic carbocycles. The first-order valence-corrected chi connectivity index (χ1v) is 9.13. The van der Waals surface area contributed by atoms with Gasteiger partial charge in [-0.3, -0.25) is 5.01 Å². The van der Waals surface area contributed by atoms with E-state index in [-0.39, 0.29) is 0 Å². The van der Waals surface area contributed by atoms with Crippen LogP contribution in [0.25, 0.3) is 16.5 Å². The Hall–Kier alpha value is -2.81. The lowest BCUT2D eigenvalue weighted by Crippen LogP contribution is -2.21. The maximum absolute atomic E-state index is 6.27. The molecule has 132 valence electrons. The normalized spacial score (nSPS) is 14.1. The molecule has 0 saturated carbocycles. The molecule has 4 rings (SSSR count). The summed E-state index contributed by atoms with van der Waals surface area (Å²) in [6.07, 6.45) is 1.66. The fraction of sp³-hybridized carbons (Fsp3) is 0.261. The van der Waals surface area contributed by atoms with Crippen LogP contribution in [0.15, 0.2) is 64.6 Å². The van der Waals surface area contributed by atoms with Gasteiger partial charge in [0, 0.05) is 19.0 Å². The highest BCUT2D eigenvalue weighted by Gasteiger charge is 2.26. The molecule has 0 radical (unpaired) electrons. The van der Waals surface area contributed by atoms with E-state index >= 15 is 0 Å². The zero-order chi connectivity index (χ0) is 18.3. The molecule has 1 aliphatic rings. The maximum atomic E-state index is 6.27. The van der Waals surface area contributed by atoms with Gasteiger partial charge in [0.25, 0.3) is 0 Å². The van der Waals surface area contributed by atoms with Gasteiger partial charge in [0.2, 0.25) is 0 Å². The Morgan fingerprint density at radius 1 is 1.12 bits per heavy atom. The summed E-state index contributed by atoms with van der Waals surface area (Å²) >= 11 is 0. The molecule has 3 heteroatoms. The molecule has 2 heterocycles. The van der Waals surface area contributed by atoms with Gasteiger partial charge in [-0.15, -0.1) is 0 Å². The van der Waals surface area contributed by atoms with E-state index in [0.717, 1.165) is 41.3 Å². The fourth-order valence-corrected chi connectivity index (χ4v) is 3.57. The molecule has 3 nitrogen and oxygen atoms in total. The fourth-order valence-electron chi connectivity index (χ4n) is 3.57. The van der Waals surface area contributed by atoms with Crippen LogP contribution in [0.3, 0.4) is 0 Å². The number of nitrogens with zero attached hydrogens (tertiary/aromatic N) is 2. The number of hydrazone groups is 1. The van der Waals surface area contributed by atoms with E-state index in [4.69, 9.17) is 4.42 Å². The number of fused-ring (bicyclic) bond motifs is 2. The van der Waals surface area contributed by atoms with Crippen molar-refractivity contribution in [1.29, 1.82) is 0 Å². The van der Waals surface area contributed by atoms with Crippen molar-refractivity contribution in [3.63, 3.8) is 0 Å². The summed E-state index contributed by atoms with van der Waals surface area (Å²) in [6, 6.07) is 17.0. The van der Waals surface area contributed by atoms with E-state index in [1.165, 1.54) is 16.3 Å². The van der Waals surface area contributed by atoms with Crippen molar-refractivity contribution in [3.05, 3.63) is 77.8 Å². The van der Waals surface area contributed by atoms with Crippen LogP contribution in [0.1, 0.15) is 42.9 Å². The largest absolute Gasteiger partial charge is 0.459 e. The van der Waals surface area contributed by atoms with Gasteiger partial charge in [-0.2, -0.15) is 5.10 Å². The van der Waals surface area contributed by atoms with E-state index in [1.807, 2.05) is 12.1 Å². The van der Waals surface area contributed by atoms with Gasteiger partial charge in [-0.25, -0.2) is 0 Å².